The molecule has 0 aromatic heterocycles. The third kappa shape index (κ3) is 14.4. The summed E-state index contributed by atoms with van der Waals surface area (Å²) < 4.78 is 12.0. The standard InChI is InChI=1S/C46H78N4O8/c1-13-15-16-20-25-48(9)41(31(5)6)38(51)28-35(30(3)4)45(54)49(10)42(32(7)14-2)39(57-11)29-40(52)50-26-21-24-37(50)43(58-12)33(8)44(53)47-36(46(55)56)27-34-22-18-17-19-23-34/h17-19,22-23,30-33,35-37,39,41-43H,13-16,20-21,24-29H2,1-12H3,(H,47,53)(H,55,56)/t32-,33+,35-,36-,37-,39+,41-,42-,43+/m0/s1. The van der Waals surface area contributed by atoms with Gasteiger partial charge >= 0.3 is 5.97 Å². The van der Waals surface area contributed by atoms with Crippen LogP contribution in [0.25, 0.3) is 0 Å². The highest BCUT2D eigenvalue weighted by Crippen LogP contribution is 2.31. The van der Waals surface area contributed by atoms with Gasteiger partial charge in [-0.1, -0.05) is 111 Å². The zero-order valence-corrected chi connectivity index (χ0v) is 37.9. The average molecular weight is 815 g/mol. The van der Waals surface area contributed by atoms with Gasteiger partial charge in [0.2, 0.25) is 17.7 Å². The topological polar surface area (TPSA) is 146 Å². The zero-order chi connectivity index (χ0) is 43.7. The molecule has 1 aliphatic heterocycles. The van der Waals surface area contributed by atoms with E-state index >= 15 is 0 Å². The van der Waals surface area contributed by atoms with Crippen molar-refractivity contribution in [1.29, 1.82) is 0 Å². The van der Waals surface area contributed by atoms with Crippen LogP contribution in [0.1, 0.15) is 119 Å². The first kappa shape index (κ1) is 50.8. The Kier molecular flexibility index (Phi) is 22.2. The van der Waals surface area contributed by atoms with Gasteiger partial charge in [-0.3, -0.25) is 24.1 Å². The predicted molar refractivity (Wildman–Crippen MR) is 229 cm³/mol. The number of aliphatic carboxylic acids is 1. The van der Waals surface area contributed by atoms with Crippen molar-refractivity contribution in [2.75, 3.05) is 41.4 Å². The summed E-state index contributed by atoms with van der Waals surface area (Å²) in [6.07, 6.45) is 5.55. The smallest absolute Gasteiger partial charge is 0.326 e. The first-order chi connectivity index (χ1) is 27.4. The summed E-state index contributed by atoms with van der Waals surface area (Å²) in [5, 5.41) is 12.6. The van der Waals surface area contributed by atoms with E-state index in [0.717, 1.165) is 44.2 Å². The number of rotatable bonds is 27. The number of ketones is 1. The van der Waals surface area contributed by atoms with E-state index in [4.69, 9.17) is 9.47 Å². The number of nitrogens with zero attached hydrogens (tertiary/aromatic N) is 3. The van der Waals surface area contributed by atoms with Crippen molar-refractivity contribution in [2.45, 2.75) is 156 Å². The lowest BCUT2D eigenvalue weighted by Gasteiger charge is -2.41. The predicted octanol–water partition coefficient (Wildman–Crippen LogP) is 6.49. The van der Waals surface area contributed by atoms with Crippen LogP contribution in [-0.2, 0) is 39.9 Å². The number of carbonyl (C=O) groups excluding carboxylic acids is 4. The molecule has 1 aromatic carbocycles. The highest BCUT2D eigenvalue weighted by atomic mass is 16.5. The lowest BCUT2D eigenvalue weighted by atomic mass is 9.83. The highest BCUT2D eigenvalue weighted by Gasteiger charge is 2.43. The molecule has 0 radical (unpaired) electrons. The number of carboxylic acids is 1. The van der Waals surface area contributed by atoms with E-state index < -0.39 is 54.0 Å². The Balaban J connectivity index is 2.26. The minimum absolute atomic E-state index is 0.0122. The van der Waals surface area contributed by atoms with Gasteiger partial charge in [0, 0.05) is 46.6 Å². The third-order valence-electron chi connectivity index (χ3n) is 12.5. The molecule has 9 atom stereocenters. The minimum atomic E-state index is -1.13. The number of likely N-dealkylation sites (N-methyl/N-ethyl adjacent to an activating group) is 2. The number of Topliss-reactive ketones (excluding diaryl/α,β-unsaturated/α-hetero) is 1. The third-order valence-corrected chi connectivity index (χ3v) is 12.5. The van der Waals surface area contributed by atoms with Crippen LogP contribution in [0.3, 0.4) is 0 Å². The average Bonchev–Trinajstić information content (AvgIpc) is 3.67. The molecule has 1 saturated heterocycles. The van der Waals surface area contributed by atoms with Gasteiger partial charge in [0.05, 0.1) is 42.7 Å². The molecule has 0 unspecified atom stereocenters. The van der Waals surface area contributed by atoms with Gasteiger partial charge in [0.1, 0.15) is 6.04 Å². The number of hydrogen-bond donors (Lipinski definition) is 2. The maximum atomic E-state index is 14.5. The molecular formula is C46H78N4O8. The summed E-state index contributed by atoms with van der Waals surface area (Å²) in [5.41, 5.74) is 0.791. The molecule has 58 heavy (non-hydrogen) atoms. The zero-order valence-electron chi connectivity index (χ0n) is 37.9. The molecule has 3 amide bonds. The number of methoxy groups -OCH3 is 2. The SMILES string of the molecule is CCCCCCN(C)[C@H](C(=O)C[C@H](C(=O)N(C)[C@@H]([C@@H](C)CC)[C@@H](CC(=O)N1CCC[C@H]1[C@H](OC)[C@@H](C)C(=O)N[C@@H](Cc1ccccc1)C(=O)O)OC)C(C)C)C(C)C. The molecule has 1 aliphatic rings. The molecule has 1 fully saturated rings. The number of hydrogen-bond acceptors (Lipinski definition) is 8. The van der Waals surface area contributed by atoms with Crippen LogP contribution in [0.2, 0.25) is 0 Å². The fraction of sp³-hybridized carbons (Fsp3) is 0.761. The minimum Gasteiger partial charge on any atom is -0.480 e. The van der Waals surface area contributed by atoms with E-state index in [2.05, 4.69) is 44.8 Å². The van der Waals surface area contributed by atoms with E-state index in [1.807, 2.05) is 51.2 Å². The van der Waals surface area contributed by atoms with Crippen molar-refractivity contribution >= 4 is 29.5 Å². The van der Waals surface area contributed by atoms with Gasteiger partial charge in [-0.25, -0.2) is 4.79 Å². The quantitative estimate of drug-likeness (QED) is 0.0953. The fourth-order valence-corrected chi connectivity index (χ4v) is 8.92. The molecule has 12 heteroatoms. The summed E-state index contributed by atoms with van der Waals surface area (Å²) in [5.74, 6) is -3.07. The number of nitrogens with one attached hydrogen (secondary N) is 1. The van der Waals surface area contributed by atoms with Crippen LogP contribution in [0.15, 0.2) is 30.3 Å². The molecule has 1 heterocycles. The lowest BCUT2D eigenvalue weighted by molar-refractivity contribution is -0.149. The van der Waals surface area contributed by atoms with Crippen LogP contribution in [-0.4, -0.2) is 127 Å². The lowest BCUT2D eigenvalue weighted by Crippen LogP contribution is -2.55. The van der Waals surface area contributed by atoms with Crippen LogP contribution >= 0.6 is 0 Å². The number of likely N-dealkylation sites (tertiary alicyclic amines) is 1. The first-order valence-electron chi connectivity index (χ1n) is 21.9. The number of benzene rings is 1. The Morgan fingerprint density at radius 1 is 0.897 bits per heavy atom. The van der Waals surface area contributed by atoms with Crippen LogP contribution < -0.4 is 5.32 Å². The number of carbonyl (C=O) groups is 5. The Labute approximate surface area is 350 Å². The Hall–Kier alpha value is -3.35. The highest BCUT2D eigenvalue weighted by molar-refractivity contribution is 5.90. The molecule has 2 N–H and O–H groups in total. The van der Waals surface area contributed by atoms with E-state index in [-0.39, 0.29) is 60.7 Å². The van der Waals surface area contributed by atoms with Crippen LogP contribution in [0.5, 0.6) is 0 Å². The molecule has 12 nitrogen and oxygen atoms in total. The molecule has 0 saturated carbocycles. The van der Waals surface area contributed by atoms with Crippen molar-refractivity contribution in [2.24, 2.45) is 29.6 Å². The second-order valence-corrected chi connectivity index (χ2v) is 17.4. The number of amides is 3. The number of ether oxygens (including phenoxy) is 2. The Morgan fingerprint density at radius 2 is 1.55 bits per heavy atom. The molecule has 2 rings (SSSR count). The van der Waals surface area contributed by atoms with Crippen molar-refractivity contribution in [1.82, 2.24) is 20.0 Å². The van der Waals surface area contributed by atoms with Gasteiger partial charge in [-0.15, -0.1) is 0 Å². The number of unbranched alkanes of at least 4 members (excludes halogenated alkanes) is 3. The second kappa shape index (κ2) is 25.3. The van der Waals surface area contributed by atoms with Crippen molar-refractivity contribution < 1.29 is 38.6 Å². The van der Waals surface area contributed by atoms with Crippen LogP contribution in [0, 0.1) is 29.6 Å². The van der Waals surface area contributed by atoms with Gasteiger partial charge < -0.3 is 29.7 Å². The molecule has 330 valence electrons. The summed E-state index contributed by atoms with van der Waals surface area (Å²) >= 11 is 0. The summed E-state index contributed by atoms with van der Waals surface area (Å²) in [6, 6.07) is 6.89. The van der Waals surface area contributed by atoms with Gasteiger partial charge in [0.15, 0.2) is 5.78 Å². The van der Waals surface area contributed by atoms with Crippen molar-refractivity contribution in [3.8, 4) is 0 Å². The molecule has 0 spiro atoms. The molecule has 0 bridgehead atoms. The van der Waals surface area contributed by atoms with E-state index in [1.54, 1.807) is 30.9 Å². The molecule has 1 aromatic rings. The largest absolute Gasteiger partial charge is 0.480 e. The Bertz CT molecular complexity index is 1420. The van der Waals surface area contributed by atoms with E-state index in [0.29, 0.717) is 13.0 Å². The molecule has 0 aliphatic carbocycles. The maximum absolute atomic E-state index is 14.5. The Morgan fingerprint density at radius 3 is 2.09 bits per heavy atom. The fourth-order valence-electron chi connectivity index (χ4n) is 8.92. The van der Waals surface area contributed by atoms with E-state index in [1.165, 1.54) is 13.5 Å². The monoisotopic (exact) mass is 815 g/mol. The van der Waals surface area contributed by atoms with Gasteiger partial charge in [-0.2, -0.15) is 0 Å². The van der Waals surface area contributed by atoms with Crippen LogP contribution in [0.4, 0.5) is 0 Å². The summed E-state index contributed by atoms with van der Waals surface area (Å²) in [6.45, 7) is 17.4. The summed E-state index contributed by atoms with van der Waals surface area (Å²) in [4.78, 5) is 74.1. The van der Waals surface area contributed by atoms with Gasteiger partial charge in [-0.05, 0) is 56.2 Å². The first-order valence-corrected chi connectivity index (χ1v) is 21.9. The second-order valence-electron chi connectivity index (χ2n) is 17.4. The normalized spacial score (nSPS) is 18.7. The van der Waals surface area contributed by atoms with Crippen molar-refractivity contribution in [3.63, 3.8) is 0 Å². The van der Waals surface area contributed by atoms with E-state index in [9.17, 15) is 29.1 Å². The number of carboxylic acid groups (broad SMARTS) is 1. The maximum Gasteiger partial charge on any atom is 0.326 e. The summed E-state index contributed by atoms with van der Waals surface area (Å²) in [7, 11) is 6.87. The van der Waals surface area contributed by atoms with Crippen molar-refractivity contribution in [3.05, 3.63) is 35.9 Å². The molecular weight excluding hydrogens is 737 g/mol. The van der Waals surface area contributed by atoms with Gasteiger partial charge in [0.25, 0.3) is 0 Å².